The van der Waals surface area contributed by atoms with Crippen molar-refractivity contribution in [2.45, 2.75) is 32.7 Å². The number of carbonyl (C=O) groups excluding carboxylic acids is 1. The predicted molar refractivity (Wildman–Crippen MR) is 132 cm³/mol. The summed E-state index contributed by atoms with van der Waals surface area (Å²) in [4.78, 5) is 14.9. The van der Waals surface area contributed by atoms with Crippen molar-refractivity contribution in [3.05, 3.63) is 47.5 Å². The van der Waals surface area contributed by atoms with Crippen LogP contribution < -0.4 is 18.9 Å². The average molecular weight is 482 g/mol. The molecule has 0 aliphatic heterocycles. The summed E-state index contributed by atoms with van der Waals surface area (Å²) in [6.45, 7) is 6.47. The molecule has 0 bridgehead atoms. The molecular weight excluding hydrogens is 446 g/mol. The van der Waals surface area contributed by atoms with Crippen molar-refractivity contribution in [3.63, 3.8) is 0 Å². The van der Waals surface area contributed by atoms with Gasteiger partial charge in [-0.25, -0.2) is 4.79 Å². The highest BCUT2D eigenvalue weighted by Crippen LogP contribution is 2.38. The lowest BCUT2D eigenvalue weighted by molar-refractivity contribution is 0.0482. The third-order valence-electron chi connectivity index (χ3n) is 5.44. The van der Waals surface area contributed by atoms with Crippen LogP contribution >= 0.6 is 12.4 Å². The highest BCUT2D eigenvalue weighted by Gasteiger charge is 2.18. The third-order valence-corrected chi connectivity index (χ3v) is 5.44. The molecule has 1 unspecified atom stereocenters. The highest BCUT2D eigenvalue weighted by molar-refractivity contribution is 5.91. The van der Waals surface area contributed by atoms with Gasteiger partial charge in [-0.1, -0.05) is 19.1 Å². The van der Waals surface area contributed by atoms with Gasteiger partial charge in [0.25, 0.3) is 0 Å². The van der Waals surface area contributed by atoms with Crippen LogP contribution in [0.1, 0.15) is 36.2 Å². The van der Waals surface area contributed by atoms with E-state index in [1.165, 1.54) is 26.9 Å². The van der Waals surface area contributed by atoms with Gasteiger partial charge < -0.3 is 28.6 Å². The first kappa shape index (κ1) is 28.4. The summed E-state index contributed by atoms with van der Waals surface area (Å²) in [6.07, 6.45) is 1.69. The van der Waals surface area contributed by atoms with E-state index in [1.54, 1.807) is 19.2 Å². The van der Waals surface area contributed by atoms with Crippen molar-refractivity contribution < 1.29 is 28.5 Å². The van der Waals surface area contributed by atoms with E-state index in [0.29, 0.717) is 35.5 Å². The fraction of sp³-hybridized carbons (Fsp3) is 0.480. The fourth-order valence-corrected chi connectivity index (χ4v) is 3.64. The van der Waals surface area contributed by atoms with Gasteiger partial charge in [0.2, 0.25) is 5.75 Å². The van der Waals surface area contributed by atoms with Crippen molar-refractivity contribution >= 4 is 18.4 Å². The summed E-state index contributed by atoms with van der Waals surface area (Å²) in [6, 6.07) is 11.7. The van der Waals surface area contributed by atoms with Crippen LogP contribution in [0, 0.1) is 0 Å². The topological polar surface area (TPSA) is 66.5 Å². The Labute approximate surface area is 203 Å². The van der Waals surface area contributed by atoms with Gasteiger partial charge in [0.1, 0.15) is 5.75 Å². The zero-order valence-electron chi connectivity index (χ0n) is 20.4. The first-order valence-electron chi connectivity index (χ1n) is 10.8. The molecule has 0 aliphatic carbocycles. The minimum absolute atomic E-state index is 0. The minimum atomic E-state index is -0.418. The predicted octanol–water partition coefficient (Wildman–Crippen LogP) is 4.64. The quantitative estimate of drug-likeness (QED) is 0.305. The van der Waals surface area contributed by atoms with Gasteiger partial charge in [-0.05, 0) is 56.1 Å². The number of carbonyl (C=O) groups is 1. The summed E-state index contributed by atoms with van der Waals surface area (Å²) >= 11 is 0. The van der Waals surface area contributed by atoms with Gasteiger partial charge in [-0.15, -0.1) is 12.4 Å². The molecule has 0 amide bonds. The molecule has 1 atom stereocenters. The van der Waals surface area contributed by atoms with E-state index in [4.69, 9.17) is 23.7 Å². The number of likely N-dealkylation sites (N-methyl/N-ethyl adjacent to an activating group) is 1. The number of nitrogens with zero attached hydrogens (tertiary/aromatic N) is 1. The second-order valence-corrected chi connectivity index (χ2v) is 7.43. The van der Waals surface area contributed by atoms with E-state index in [2.05, 4.69) is 30.9 Å². The molecule has 0 saturated heterocycles. The number of benzene rings is 2. The Morgan fingerprint density at radius 2 is 1.55 bits per heavy atom. The highest BCUT2D eigenvalue weighted by atomic mass is 35.5. The first-order valence-corrected chi connectivity index (χ1v) is 10.8. The minimum Gasteiger partial charge on any atom is -0.497 e. The summed E-state index contributed by atoms with van der Waals surface area (Å²) < 4.78 is 26.6. The number of halogens is 1. The number of esters is 1. The maximum Gasteiger partial charge on any atom is 0.338 e. The van der Waals surface area contributed by atoms with E-state index < -0.39 is 5.97 Å². The molecule has 2 aromatic carbocycles. The SMILES string of the molecule is CCN(CCCOC(=O)c1cc(OC)c(OC)c(OC)c1)C(C)Cc1ccc(OC)cc1.Cl. The lowest BCUT2D eigenvalue weighted by atomic mass is 10.1. The maximum atomic E-state index is 12.5. The molecule has 0 aliphatic rings. The van der Waals surface area contributed by atoms with Crippen LogP contribution in [0.3, 0.4) is 0 Å². The van der Waals surface area contributed by atoms with Crippen molar-refractivity contribution in [3.8, 4) is 23.0 Å². The van der Waals surface area contributed by atoms with Crippen LogP contribution in [0.2, 0.25) is 0 Å². The molecule has 0 aromatic heterocycles. The van der Waals surface area contributed by atoms with E-state index in [0.717, 1.165) is 31.7 Å². The standard InChI is InChI=1S/C25H35NO6.ClH/c1-7-26(18(2)15-19-9-11-21(28-3)12-10-19)13-8-14-32-25(27)20-16-22(29-4)24(31-6)23(17-20)30-5;/h9-12,16-18H,7-8,13-15H2,1-6H3;1H. The lowest BCUT2D eigenvalue weighted by Gasteiger charge is -2.28. The Hall–Kier alpha value is -2.64. The smallest absolute Gasteiger partial charge is 0.338 e. The van der Waals surface area contributed by atoms with E-state index in [9.17, 15) is 4.79 Å². The Bertz CT molecular complexity index is 833. The maximum absolute atomic E-state index is 12.5. The zero-order valence-corrected chi connectivity index (χ0v) is 21.2. The van der Waals surface area contributed by atoms with Crippen molar-refractivity contribution in [2.24, 2.45) is 0 Å². The number of rotatable bonds is 13. The Morgan fingerprint density at radius 1 is 0.939 bits per heavy atom. The average Bonchev–Trinajstić information content (AvgIpc) is 2.83. The molecule has 2 rings (SSSR count). The summed E-state index contributed by atoms with van der Waals surface area (Å²) in [5.41, 5.74) is 1.63. The van der Waals surface area contributed by atoms with Crippen LogP contribution in [0.5, 0.6) is 23.0 Å². The van der Waals surface area contributed by atoms with Crippen LogP contribution in [-0.2, 0) is 11.2 Å². The van der Waals surface area contributed by atoms with Gasteiger partial charge in [0, 0.05) is 12.6 Å². The van der Waals surface area contributed by atoms with Gasteiger partial charge >= 0.3 is 5.97 Å². The molecule has 0 fully saturated rings. The normalized spacial score (nSPS) is 11.4. The number of hydrogen-bond donors (Lipinski definition) is 0. The Morgan fingerprint density at radius 3 is 2.03 bits per heavy atom. The second kappa shape index (κ2) is 14.5. The van der Waals surface area contributed by atoms with Crippen LogP contribution in [0.25, 0.3) is 0 Å². The van der Waals surface area contributed by atoms with Crippen LogP contribution in [0.15, 0.2) is 36.4 Å². The summed E-state index contributed by atoms with van der Waals surface area (Å²) in [5, 5.41) is 0. The number of hydrogen-bond acceptors (Lipinski definition) is 7. The van der Waals surface area contributed by atoms with E-state index in [-0.39, 0.29) is 12.4 Å². The molecule has 184 valence electrons. The lowest BCUT2D eigenvalue weighted by Crippen LogP contribution is -2.35. The van der Waals surface area contributed by atoms with E-state index in [1.807, 2.05) is 12.1 Å². The van der Waals surface area contributed by atoms with Crippen molar-refractivity contribution in [1.29, 1.82) is 0 Å². The Balaban J connectivity index is 0.00000544. The molecule has 2 aromatic rings. The van der Waals surface area contributed by atoms with Gasteiger partial charge in [0.05, 0.1) is 40.6 Å². The number of ether oxygens (including phenoxy) is 5. The molecule has 0 radical (unpaired) electrons. The number of methoxy groups -OCH3 is 4. The summed E-state index contributed by atoms with van der Waals surface area (Å²) in [5.74, 6) is 1.73. The van der Waals surface area contributed by atoms with E-state index >= 15 is 0 Å². The molecule has 8 heteroatoms. The molecule has 0 spiro atoms. The summed E-state index contributed by atoms with van der Waals surface area (Å²) in [7, 11) is 6.22. The molecular formula is C25H36ClNO6. The first-order chi connectivity index (χ1) is 15.5. The van der Waals surface area contributed by atoms with Gasteiger partial charge in [-0.3, -0.25) is 0 Å². The van der Waals surface area contributed by atoms with Gasteiger partial charge in [0.15, 0.2) is 11.5 Å². The molecule has 0 N–H and O–H groups in total. The largest absolute Gasteiger partial charge is 0.497 e. The molecule has 33 heavy (non-hydrogen) atoms. The molecule has 0 heterocycles. The second-order valence-electron chi connectivity index (χ2n) is 7.43. The van der Waals surface area contributed by atoms with Crippen LogP contribution in [-0.4, -0.2) is 65.0 Å². The third kappa shape index (κ3) is 8.02. The van der Waals surface area contributed by atoms with Crippen molar-refractivity contribution in [2.75, 3.05) is 48.1 Å². The monoisotopic (exact) mass is 481 g/mol. The van der Waals surface area contributed by atoms with Gasteiger partial charge in [-0.2, -0.15) is 0 Å². The molecule has 0 saturated carbocycles. The zero-order chi connectivity index (χ0) is 23.5. The fourth-order valence-electron chi connectivity index (χ4n) is 3.64. The van der Waals surface area contributed by atoms with Crippen molar-refractivity contribution in [1.82, 2.24) is 4.90 Å². The Kier molecular flexibility index (Phi) is 12.5. The van der Waals surface area contributed by atoms with Crippen LogP contribution in [0.4, 0.5) is 0 Å². The molecule has 7 nitrogen and oxygen atoms in total.